The molecule has 0 spiro atoms. The van der Waals surface area contributed by atoms with Gasteiger partial charge >= 0.3 is 0 Å². The van der Waals surface area contributed by atoms with Crippen molar-refractivity contribution >= 4 is 22.6 Å². The van der Waals surface area contributed by atoms with Crippen LogP contribution in [0.3, 0.4) is 0 Å². The second-order valence-corrected chi connectivity index (χ2v) is 6.56. The van der Waals surface area contributed by atoms with Crippen LogP contribution in [0.2, 0.25) is 0 Å². The zero-order valence-electron chi connectivity index (χ0n) is 12.9. The van der Waals surface area contributed by atoms with Crippen LogP contribution >= 0.6 is 22.6 Å². The summed E-state index contributed by atoms with van der Waals surface area (Å²) in [5.41, 5.74) is 2.60. The van der Waals surface area contributed by atoms with Crippen LogP contribution in [-0.4, -0.2) is 6.61 Å². The van der Waals surface area contributed by atoms with Crippen molar-refractivity contribution in [1.29, 1.82) is 0 Å². The maximum atomic E-state index is 5.88. The number of pyridine rings is 1. The summed E-state index contributed by atoms with van der Waals surface area (Å²) in [6, 6.07) is 22.9. The van der Waals surface area contributed by atoms with Gasteiger partial charge in [-0.1, -0.05) is 42.5 Å². The highest BCUT2D eigenvalue weighted by molar-refractivity contribution is 14.1. The third-order valence-corrected chi connectivity index (χ3v) is 4.50. The summed E-state index contributed by atoms with van der Waals surface area (Å²) < 4.78 is 9.25. The van der Waals surface area contributed by atoms with E-state index in [0.717, 1.165) is 22.3 Å². The summed E-state index contributed by atoms with van der Waals surface area (Å²) in [7, 11) is 0. The molecule has 0 aliphatic rings. The lowest BCUT2D eigenvalue weighted by atomic mass is 10.2. The lowest BCUT2D eigenvalue weighted by Gasteiger charge is -2.07. The Labute approximate surface area is 150 Å². The second-order valence-electron chi connectivity index (χ2n) is 5.40. The first kappa shape index (κ1) is 16.0. The highest BCUT2D eigenvalue weighted by Crippen LogP contribution is 2.19. The molecule has 0 aliphatic carbocycles. The molecule has 0 amide bonds. The third kappa shape index (κ3) is 4.79. The smallest absolute Gasteiger partial charge is 0.173 e. The van der Waals surface area contributed by atoms with Gasteiger partial charge < -0.3 is 4.74 Å². The van der Waals surface area contributed by atoms with E-state index < -0.39 is 0 Å². The van der Waals surface area contributed by atoms with Gasteiger partial charge in [0.1, 0.15) is 5.75 Å². The molecule has 0 radical (unpaired) electrons. The van der Waals surface area contributed by atoms with E-state index in [1.807, 2.05) is 24.3 Å². The maximum absolute atomic E-state index is 5.88. The molecule has 0 aliphatic heterocycles. The lowest BCUT2D eigenvalue weighted by molar-refractivity contribution is -0.688. The monoisotopic (exact) mass is 416 g/mol. The first-order valence-electron chi connectivity index (χ1n) is 7.70. The van der Waals surface area contributed by atoms with E-state index in [1.165, 1.54) is 11.1 Å². The predicted octanol–water partition coefficient (Wildman–Crippen LogP) is 4.25. The molecule has 0 N–H and O–H groups in total. The Hall–Kier alpha value is -1.88. The Morgan fingerprint density at radius 3 is 2.39 bits per heavy atom. The number of aromatic nitrogens is 1. The standard InChI is InChI=1S/C20H19INO/c21-19-10-4-5-11-20(19)23-14-12-18-9-6-13-22(16-18)15-17-7-2-1-3-8-17/h1-11,13,16H,12,14-15H2/q+1. The Morgan fingerprint density at radius 2 is 1.57 bits per heavy atom. The van der Waals surface area contributed by atoms with Crippen LogP contribution in [0, 0.1) is 3.57 Å². The highest BCUT2D eigenvalue weighted by atomic mass is 127. The van der Waals surface area contributed by atoms with Gasteiger partial charge in [-0.25, -0.2) is 4.57 Å². The fourth-order valence-corrected chi connectivity index (χ4v) is 3.00. The van der Waals surface area contributed by atoms with Crippen LogP contribution in [0.4, 0.5) is 0 Å². The number of halogens is 1. The van der Waals surface area contributed by atoms with Crippen molar-refractivity contribution in [2.45, 2.75) is 13.0 Å². The van der Waals surface area contributed by atoms with E-state index >= 15 is 0 Å². The molecule has 2 aromatic carbocycles. The van der Waals surface area contributed by atoms with Gasteiger partial charge in [0.2, 0.25) is 0 Å². The molecular formula is C20H19INO+. The molecule has 23 heavy (non-hydrogen) atoms. The molecule has 0 saturated carbocycles. The molecule has 3 heteroatoms. The largest absolute Gasteiger partial charge is 0.492 e. The summed E-state index contributed by atoms with van der Waals surface area (Å²) >= 11 is 2.30. The van der Waals surface area contributed by atoms with E-state index in [9.17, 15) is 0 Å². The summed E-state index contributed by atoms with van der Waals surface area (Å²) in [5.74, 6) is 0.959. The van der Waals surface area contributed by atoms with Crippen LogP contribution in [0.25, 0.3) is 0 Å². The van der Waals surface area contributed by atoms with E-state index in [1.54, 1.807) is 0 Å². The van der Waals surface area contributed by atoms with Crippen molar-refractivity contribution in [3.63, 3.8) is 0 Å². The summed E-state index contributed by atoms with van der Waals surface area (Å²) in [6.45, 7) is 1.58. The number of rotatable bonds is 6. The average molecular weight is 416 g/mol. The first-order chi connectivity index (χ1) is 11.3. The number of benzene rings is 2. The molecule has 0 atom stereocenters. The number of nitrogens with zero attached hydrogens (tertiary/aromatic N) is 1. The Morgan fingerprint density at radius 1 is 0.826 bits per heavy atom. The Kier molecular flexibility index (Phi) is 5.64. The van der Waals surface area contributed by atoms with Gasteiger partial charge in [-0.05, 0) is 40.8 Å². The van der Waals surface area contributed by atoms with Crippen LogP contribution < -0.4 is 9.30 Å². The molecule has 3 aromatic rings. The van der Waals surface area contributed by atoms with Crippen LogP contribution in [0.5, 0.6) is 5.75 Å². The second kappa shape index (κ2) is 8.11. The molecule has 2 nitrogen and oxygen atoms in total. The van der Waals surface area contributed by atoms with Gasteiger partial charge in [-0.3, -0.25) is 0 Å². The molecule has 0 saturated heterocycles. The molecular weight excluding hydrogens is 397 g/mol. The fraction of sp³-hybridized carbons (Fsp3) is 0.150. The molecule has 1 heterocycles. The SMILES string of the molecule is Ic1ccccc1OCCc1ccc[n+](Cc2ccccc2)c1. The Bertz CT molecular complexity index is 758. The lowest BCUT2D eigenvalue weighted by Crippen LogP contribution is -2.33. The summed E-state index contributed by atoms with van der Waals surface area (Å²) in [6.07, 6.45) is 5.21. The van der Waals surface area contributed by atoms with Crippen LogP contribution in [0.15, 0.2) is 79.1 Å². The van der Waals surface area contributed by atoms with E-state index in [0.29, 0.717) is 6.61 Å². The van der Waals surface area contributed by atoms with Gasteiger partial charge in [0.25, 0.3) is 0 Å². The zero-order chi connectivity index (χ0) is 15.9. The van der Waals surface area contributed by atoms with Crippen molar-refractivity contribution in [2.24, 2.45) is 0 Å². The maximum Gasteiger partial charge on any atom is 0.173 e. The minimum Gasteiger partial charge on any atom is -0.492 e. The molecule has 0 fully saturated rings. The van der Waals surface area contributed by atoms with Gasteiger partial charge in [-0.2, -0.15) is 0 Å². The third-order valence-electron chi connectivity index (χ3n) is 3.61. The Balaban J connectivity index is 1.58. The van der Waals surface area contributed by atoms with Crippen molar-refractivity contribution in [3.05, 3.63) is 93.8 Å². The predicted molar refractivity (Wildman–Crippen MR) is 101 cm³/mol. The molecule has 0 unspecified atom stereocenters. The summed E-state index contributed by atoms with van der Waals surface area (Å²) in [5, 5.41) is 0. The first-order valence-corrected chi connectivity index (χ1v) is 8.78. The van der Waals surface area contributed by atoms with E-state index in [2.05, 4.69) is 82.0 Å². The topological polar surface area (TPSA) is 13.1 Å². The van der Waals surface area contributed by atoms with Crippen LogP contribution in [0.1, 0.15) is 11.1 Å². The van der Waals surface area contributed by atoms with Crippen molar-refractivity contribution in [2.75, 3.05) is 6.61 Å². The van der Waals surface area contributed by atoms with Gasteiger partial charge in [0, 0.05) is 23.6 Å². The highest BCUT2D eigenvalue weighted by Gasteiger charge is 2.05. The fourth-order valence-electron chi connectivity index (χ4n) is 2.46. The molecule has 116 valence electrons. The van der Waals surface area contributed by atoms with Crippen molar-refractivity contribution in [1.82, 2.24) is 0 Å². The molecule has 3 rings (SSSR count). The van der Waals surface area contributed by atoms with Gasteiger partial charge in [0.15, 0.2) is 18.9 Å². The average Bonchev–Trinajstić information content (AvgIpc) is 2.58. The normalized spacial score (nSPS) is 10.5. The van der Waals surface area contributed by atoms with E-state index in [4.69, 9.17) is 4.74 Å². The molecule has 0 bridgehead atoms. The number of ether oxygens (including phenoxy) is 1. The van der Waals surface area contributed by atoms with Gasteiger partial charge in [-0.15, -0.1) is 0 Å². The minimum absolute atomic E-state index is 0.690. The van der Waals surface area contributed by atoms with Crippen molar-refractivity contribution in [3.8, 4) is 5.75 Å². The number of hydrogen-bond acceptors (Lipinski definition) is 1. The number of para-hydroxylation sites is 1. The number of hydrogen-bond donors (Lipinski definition) is 0. The van der Waals surface area contributed by atoms with E-state index in [-0.39, 0.29) is 0 Å². The quantitative estimate of drug-likeness (QED) is 0.433. The van der Waals surface area contributed by atoms with Crippen LogP contribution in [-0.2, 0) is 13.0 Å². The minimum atomic E-state index is 0.690. The van der Waals surface area contributed by atoms with Crippen molar-refractivity contribution < 1.29 is 9.30 Å². The van der Waals surface area contributed by atoms with Gasteiger partial charge in [0.05, 0.1) is 10.2 Å². The molecule has 1 aromatic heterocycles. The summed E-state index contributed by atoms with van der Waals surface area (Å²) in [4.78, 5) is 0. The zero-order valence-corrected chi connectivity index (χ0v) is 15.0.